The van der Waals surface area contributed by atoms with E-state index in [-0.39, 0.29) is 10.8 Å². The van der Waals surface area contributed by atoms with Gasteiger partial charge in [-0.15, -0.1) is 0 Å². The van der Waals surface area contributed by atoms with Gasteiger partial charge in [0.25, 0.3) is 15.9 Å². The van der Waals surface area contributed by atoms with Gasteiger partial charge < -0.3 is 10.1 Å². The van der Waals surface area contributed by atoms with Crippen LogP contribution in [0.5, 0.6) is 0 Å². The van der Waals surface area contributed by atoms with E-state index >= 15 is 0 Å². The third-order valence-corrected chi connectivity index (χ3v) is 5.34. The fourth-order valence-electron chi connectivity index (χ4n) is 2.47. The maximum atomic E-state index is 12.7. The van der Waals surface area contributed by atoms with Crippen LogP contribution in [0.15, 0.2) is 47.4 Å². The summed E-state index contributed by atoms with van der Waals surface area (Å²) < 4.78 is 33.0. The van der Waals surface area contributed by atoms with Gasteiger partial charge >= 0.3 is 0 Å². The number of rotatable bonds is 8. The summed E-state index contributed by atoms with van der Waals surface area (Å²) in [6, 6.07) is 11.8. The predicted octanol–water partition coefficient (Wildman–Crippen LogP) is 2.87. The first kappa shape index (κ1) is 19.9. The number of ether oxygens (including phenoxy) is 1. The number of carbonyl (C=O) groups is 1. The first-order chi connectivity index (χ1) is 12.3. The quantitative estimate of drug-likeness (QED) is 0.694. The zero-order valence-corrected chi connectivity index (χ0v) is 16.0. The monoisotopic (exact) mass is 376 g/mol. The van der Waals surface area contributed by atoms with Gasteiger partial charge in [0.2, 0.25) is 0 Å². The SMILES string of the molecule is COCCCNC(=O)c1ccc(C)c(S(=O)(=O)Nc2cccc(C)c2)c1. The van der Waals surface area contributed by atoms with E-state index in [0.717, 1.165) is 5.56 Å². The second-order valence-electron chi connectivity index (χ2n) is 6.06. The number of sulfonamides is 1. The van der Waals surface area contributed by atoms with Crippen LogP contribution in [0.2, 0.25) is 0 Å². The standard InChI is InChI=1S/C19H24N2O4S/c1-14-6-4-7-17(12-14)21-26(23,24)18-13-16(9-8-15(18)2)19(22)20-10-5-11-25-3/h4,6-9,12-13,21H,5,10-11H2,1-3H3,(H,20,22). The number of methoxy groups -OCH3 is 1. The molecule has 0 fully saturated rings. The molecule has 0 spiro atoms. The van der Waals surface area contributed by atoms with Gasteiger partial charge in [-0.25, -0.2) is 8.42 Å². The van der Waals surface area contributed by atoms with Gasteiger partial charge in [-0.2, -0.15) is 0 Å². The lowest BCUT2D eigenvalue weighted by Crippen LogP contribution is -2.25. The van der Waals surface area contributed by atoms with Crippen molar-refractivity contribution in [2.45, 2.75) is 25.2 Å². The van der Waals surface area contributed by atoms with Crippen molar-refractivity contribution in [3.8, 4) is 0 Å². The van der Waals surface area contributed by atoms with E-state index in [9.17, 15) is 13.2 Å². The molecule has 0 aliphatic carbocycles. The zero-order valence-electron chi connectivity index (χ0n) is 15.2. The van der Waals surface area contributed by atoms with Crippen LogP contribution in [0.1, 0.15) is 27.9 Å². The second kappa shape index (κ2) is 8.82. The molecule has 0 bridgehead atoms. The fourth-order valence-corrected chi connectivity index (χ4v) is 3.79. The molecule has 0 heterocycles. The summed E-state index contributed by atoms with van der Waals surface area (Å²) in [7, 11) is -2.20. The molecule has 2 aromatic carbocycles. The van der Waals surface area contributed by atoms with Gasteiger partial charge in [0.1, 0.15) is 0 Å². The molecule has 2 aromatic rings. The van der Waals surface area contributed by atoms with Crippen molar-refractivity contribution < 1.29 is 17.9 Å². The van der Waals surface area contributed by atoms with Crippen LogP contribution in [0.3, 0.4) is 0 Å². The van der Waals surface area contributed by atoms with Crippen molar-refractivity contribution in [2.24, 2.45) is 0 Å². The Morgan fingerprint density at radius 3 is 2.58 bits per heavy atom. The molecule has 2 N–H and O–H groups in total. The molecular weight excluding hydrogens is 352 g/mol. The molecule has 7 heteroatoms. The van der Waals surface area contributed by atoms with Crippen LogP contribution in [-0.4, -0.2) is 34.6 Å². The van der Waals surface area contributed by atoms with Gasteiger partial charge in [-0.1, -0.05) is 18.2 Å². The highest BCUT2D eigenvalue weighted by atomic mass is 32.2. The lowest BCUT2D eigenvalue weighted by molar-refractivity contribution is 0.0948. The minimum Gasteiger partial charge on any atom is -0.385 e. The molecule has 0 saturated heterocycles. The zero-order chi connectivity index (χ0) is 19.2. The van der Waals surface area contributed by atoms with Crippen LogP contribution in [0.4, 0.5) is 5.69 Å². The van der Waals surface area contributed by atoms with E-state index in [2.05, 4.69) is 10.0 Å². The topological polar surface area (TPSA) is 84.5 Å². The van der Waals surface area contributed by atoms with E-state index in [1.54, 1.807) is 44.4 Å². The summed E-state index contributed by atoms with van der Waals surface area (Å²) in [6.45, 7) is 4.60. The molecule has 0 radical (unpaired) electrons. The van der Waals surface area contributed by atoms with Crippen molar-refractivity contribution in [2.75, 3.05) is 25.0 Å². The first-order valence-corrected chi connectivity index (χ1v) is 9.79. The Morgan fingerprint density at radius 2 is 1.88 bits per heavy atom. The lowest BCUT2D eigenvalue weighted by Gasteiger charge is -2.12. The molecule has 1 amide bonds. The van der Waals surface area contributed by atoms with Crippen molar-refractivity contribution in [1.82, 2.24) is 5.32 Å². The summed E-state index contributed by atoms with van der Waals surface area (Å²) >= 11 is 0. The highest BCUT2D eigenvalue weighted by molar-refractivity contribution is 7.92. The Kier molecular flexibility index (Phi) is 6.76. The van der Waals surface area contributed by atoms with Crippen LogP contribution in [0.25, 0.3) is 0 Å². The average Bonchev–Trinajstić information content (AvgIpc) is 2.58. The molecule has 2 rings (SSSR count). The predicted molar refractivity (Wildman–Crippen MR) is 102 cm³/mol. The molecule has 0 unspecified atom stereocenters. The van der Waals surface area contributed by atoms with Gasteiger partial charge in [-0.3, -0.25) is 9.52 Å². The van der Waals surface area contributed by atoms with E-state index in [1.165, 1.54) is 6.07 Å². The Balaban J connectivity index is 2.21. The average molecular weight is 376 g/mol. The Morgan fingerprint density at radius 1 is 1.12 bits per heavy atom. The van der Waals surface area contributed by atoms with Gasteiger partial charge in [-0.05, 0) is 55.7 Å². The van der Waals surface area contributed by atoms with E-state index in [0.29, 0.717) is 36.4 Å². The van der Waals surface area contributed by atoms with E-state index < -0.39 is 10.0 Å². The molecule has 6 nitrogen and oxygen atoms in total. The Hall–Kier alpha value is -2.38. The maximum Gasteiger partial charge on any atom is 0.262 e. The number of amides is 1. The molecule has 0 aliphatic rings. The maximum absolute atomic E-state index is 12.7. The second-order valence-corrected chi connectivity index (χ2v) is 7.71. The highest BCUT2D eigenvalue weighted by Gasteiger charge is 2.19. The van der Waals surface area contributed by atoms with Crippen molar-refractivity contribution in [3.05, 3.63) is 59.2 Å². The number of aryl methyl sites for hydroxylation is 2. The van der Waals surface area contributed by atoms with Gasteiger partial charge in [0.05, 0.1) is 4.90 Å². The van der Waals surface area contributed by atoms with Crippen LogP contribution in [0, 0.1) is 13.8 Å². The molecular formula is C19H24N2O4S. The lowest BCUT2D eigenvalue weighted by atomic mass is 10.1. The smallest absolute Gasteiger partial charge is 0.262 e. The van der Waals surface area contributed by atoms with Crippen molar-refractivity contribution in [3.63, 3.8) is 0 Å². The molecule has 140 valence electrons. The fraction of sp³-hybridized carbons (Fsp3) is 0.316. The van der Waals surface area contributed by atoms with E-state index in [1.807, 2.05) is 13.0 Å². The number of hydrogen-bond acceptors (Lipinski definition) is 4. The van der Waals surface area contributed by atoms with Crippen LogP contribution < -0.4 is 10.0 Å². The summed E-state index contributed by atoms with van der Waals surface area (Å²) in [4.78, 5) is 12.3. The summed E-state index contributed by atoms with van der Waals surface area (Å²) in [5.74, 6) is -0.312. The Bertz CT molecular complexity index is 879. The number of carbonyl (C=O) groups excluding carboxylic acids is 1. The van der Waals surface area contributed by atoms with Crippen molar-refractivity contribution in [1.29, 1.82) is 0 Å². The number of benzene rings is 2. The van der Waals surface area contributed by atoms with Gasteiger partial charge in [0.15, 0.2) is 0 Å². The first-order valence-electron chi connectivity index (χ1n) is 8.31. The molecule has 0 atom stereocenters. The molecule has 0 aliphatic heterocycles. The summed E-state index contributed by atoms with van der Waals surface area (Å²) in [5.41, 5.74) is 2.31. The van der Waals surface area contributed by atoms with Crippen molar-refractivity contribution >= 4 is 21.6 Å². The largest absolute Gasteiger partial charge is 0.385 e. The highest BCUT2D eigenvalue weighted by Crippen LogP contribution is 2.21. The number of anilines is 1. The molecule has 0 aromatic heterocycles. The normalized spacial score (nSPS) is 11.2. The number of hydrogen-bond donors (Lipinski definition) is 2. The van der Waals surface area contributed by atoms with E-state index in [4.69, 9.17) is 4.74 Å². The van der Waals surface area contributed by atoms with Crippen LogP contribution in [-0.2, 0) is 14.8 Å². The Labute approximate surface area is 154 Å². The number of nitrogens with one attached hydrogen (secondary N) is 2. The molecule has 26 heavy (non-hydrogen) atoms. The summed E-state index contributed by atoms with van der Waals surface area (Å²) in [5, 5.41) is 2.75. The van der Waals surface area contributed by atoms with Crippen LogP contribution >= 0.6 is 0 Å². The molecule has 0 saturated carbocycles. The minimum absolute atomic E-state index is 0.0866. The summed E-state index contributed by atoms with van der Waals surface area (Å²) in [6.07, 6.45) is 0.689. The van der Waals surface area contributed by atoms with Gasteiger partial charge in [0, 0.05) is 31.5 Å². The minimum atomic E-state index is -3.80. The third kappa shape index (κ3) is 5.31. The third-order valence-electron chi connectivity index (χ3n) is 3.82.